The van der Waals surface area contributed by atoms with Crippen molar-refractivity contribution < 1.29 is 17.9 Å². The van der Waals surface area contributed by atoms with Gasteiger partial charge >= 0.3 is 0 Å². The Morgan fingerprint density at radius 1 is 1.32 bits per heavy atom. The number of hydrogen-bond acceptors (Lipinski definition) is 5. The molecule has 0 radical (unpaired) electrons. The van der Waals surface area contributed by atoms with E-state index in [-0.39, 0.29) is 34.1 Å². The van der Waals surface area contributed by atoms with E-state index in [1.807, 2.05) is 19.1 Å². The molecule has 0 aliphatic rings. The third-order valence-corrected chi connectivity index (χ3v) is 5.88. The molecule has 2 rings (SSSR count). The van der Waals surface area contributed by atoms with Crippen molar-refractivity contribution in [1.82, 2.24) is 20.3 Å². The molecule has 0 aliphatic carbocycles. The molecule has 1 amide bonds. The summed E-state index contributed by atoms with van der Waals surface area (Å²) in [7, 11) is -1.07. The quantitative estimate of drug-likeness (QED) is 0.479. The largest absolute Gasteiger partial charge is 0.495 e. The number of amides is 1. The number of carbonyl (C=O) groups is 1. The van der Waals surface area contributed by atoms with Gasteiger partial charge in [-0.25, -0.2) is 8.42 Å². The van der Waals surface area contributed by atoms with E-state index in [0.29, 0.717) is 5.56 Å². The minimum absolute atomic E-state index is 0.0280. The maximum atomic E-state index is 12.6. The standard InChI is InChI=1S/C18H24N4O4S2/c1-4-13(14-6-5-9-20-14)21-17(23)11-12-7-8-15(26-3)16(10-12)28(24,25)22-18(27)19-2/h5-10,13,20H,4,11H2,1-3H3,(H,21,23)(H2,19,22,27). The van der Waals surface area contributed by atoms with Crippen molar-refractivity contribution in [3.8, 4) is 5.75 Å². The second-order valence-electron chi connectivity index (χ2n) is 6.00. The third kappa shape index (κ3) is 5.46. The highest BCUT2D eigenvalue weighted by molar-refractivity contribution is 7.92. The van der Waals surface area contributed by atoms with Gasteiger partial charge in [-0.15, -0.1) is 0 Å². The Kier molecular flexibility index (Phi) is 7.41. The van der Waals surface area contributed by atoms with Crippen molar-refractivity contribution in [3.63, 3.8) is 0 Å². The van der Waals surface area contributed by atoms with Gasteiger partial charge in [-0.1, -0.05) is 13.0 Å². The van der Waals surface area contributed by atoms with Crippen LogP contribution in [0.15, 0.2) is 41.4 Å². The highest BCUT2D eigenvalue weighted by atomic mass is 32.2. The van der Waals surface area contributed by atoms with Crippen LogP contribution in [0.3, 0.4) is 0 Å². The number of methoxy groups -OCH3 is 1. The van der Waals surface area contributed by atoms with Gasteiger partial charge < -0.3 is 20.4 Å². The summed E-state index contributed by atoms with van der Waals surface area (Å²) < 4.78 is 32.5. The SMILES string of the molecule is CCC(NC(=O)Cc1ccc(OC)c(S(=O)(=O)NC(=S)NC)c1)c1ccc[nH]1. The van der Waals surface area contributed by atoms with Gasteiger partial charge in [0.15, 0.2) is 5.11 Å². The van der Waals surface area contributed by atoms with Crippen LogP contribution in [0, 0.1) is 0 Å². The summed E-state index contributed by atoms with van der Waals surface area (Å²) in [5, 5.41) is 5.46. The predicted molar refractivity (Wildman–Crippen MR) is 111 cm³/mol. The number of nitrogens with one attached hydrogen (secondary N) is 4. The van der Waals surface area contributed by atoms with Crippen molar-refractivity contribution in [3.05, 3.63) is 47.8 Å². The molecule has 4 N–H and O–H groups in total. The van der Waals surface area contributed by atoms with Gasteiger partial charge in [0, 0.05) is 18.9 Å². The number of benzene rings is 1. The Hall–Kier alpha value is -2.59. The van der Waals surface area contributed by atoms with Gasteiger partial charge in [-0.05, 0) is 48.5 Å². The molecular formula is C18H24N4O4S2. The molecule has 10 heteroatoms. The topological polar surface area (TPSA) is 112 Å². The molecule has 1 aromatic carbocycles. The normalized spacial score (nSPS) is 12.1. The first kappa shape index (κ1) is 21.7. The fourth-order valence-electron chi connectivity index (χ4n) is 2.66. The Bertz CT molecular complexity index is 927. The Morgan fingerprint density at radius 2 is 2.07 bits per heavy atom. The summed E-state index contributed by atoms with van der Waals surface area (Å²) >= 11 is 4.88. The second-order valence-corrected chi connectivity index (χ2v) is 8.06. The molecule has 1 aromatic heterocycles. The maximum absolute atomic E-state index is 12.6. The van der Waals surface area contributed by atoms with E-state index in [2.05, 4.69) is 20.3 Å². The minimum Gasteiger partial charge on any atom is -0.495 e. The van der Waals surface area contributed by atoms with E-state index in [0.717, 1.165) is 12.1 Å². The van der Waals surface area contributed by atoms with E-state index >= 15 is 0 Å². The minimum atomic E-state index is -3.95. The molecule has 0 aliphatic heterocycles. The molecular weight excluding hydrogens is 400 g/mol. The first-order chi connectivity index (χ1) is 13.3. The van der Waals surface area contributed by atoms with Crippen molar-refractivity contribution in [2.45, 2.75) is 30.7 Å². The first-order valence-corrected chi connectivity index (χ1v) is 10.5. The lowest BCUT2D eigenvalue weighted by Gasteiger charge is -2.16. The molecule has 2 aromatic rings. The number of aromatic amines is 1. The maximum Gasteiger partial charge on any atom is 0.267 e. The van der Waals surface area contributed by atoms with Crippen molar-refractivity contribution in [2.24, 2.45) is 0 Å². The molecule has 28 heavy (non-hydrogen) atoms. The number of ether oxygens (including phenoxy) is 1. The van der Waals surface area contributed by atoms with Crippen molar-refractivity contribution >= 4 is 33.3 Å². The van der Waals surface area contributed by atoms with E-state index in [4.69, 9.17) is 17.0 Å². The number of thiocarbonyl (C=S) groups is 1. The Morgan fingerprint density at radius 3 is 2.64 bits per heavy atom. The van der Waals surface area contributed by atoms with E-state index in [1.54, 1.807) is 12.3 Å². The number of aromatic nitrogens is 1. The number of sulfonamides is 1. The monoisotopic (exact) mass is 424 g/mol. The number of hydrogen-bond donors (Lipinski definition) is 4. The highest BCUT2D eigenvalue weighted by Crippen LogP contribution is 2.25. The van der Waals surface area contributed by atoms with Crippen LogP contribution < -0.4 is 20.1 Å². The average Bonchev–Trinajstić information content (AvgIpc) is 3.20. The predicted octanol–water partition coefficient (Wildman–Crippen LogP) is 1.62. The lowest BCUT2D eigenvalue weighted by molar-refractivity contribution is -0.121. The molecule has 0 saturated heterocycles. The smallest absolute Gasteiger partial charge is 0.267 e. The summed E-state index contributed by atoms with van der Waals surface area (Å²) in [4.78, 5) is 15.5. The zero-order valence-corrected chi connectivity index (χ0v) is 17.5. The molecule has 152 valence electrons. The molecule has 1 heterocycles. The lowest BCUT2D eigenvalue weighted by Crippen LogP contribution is -2.37. The van der Waals surface area contributed by atoms with Crippen LogP contribution in [-0.4, -0.2) is 38.6 Å². The molecule has 1 unspecified atom stereocenters. The molecule has 0 fully saturated rings. The van der Waals surface area contributed by atoms with Crippen LogP contribution in [0.2, 0.25) is 0 Å². The number of H-pyrrole nitrogens is 1. The summed E-state index contributed by atoms with van der Waals surface area (Å²) in [6, 6.07) is 8.22. The van der Waals surface area contributed by atoms with Gasteiger partial charge in [0.2, 0.25) is 5.91 Å². The van der Waals surface area contributed by atoms with Crippen LogP contribution >= 0.6 is 12.2 Å². The van der Waals surface area contributed by atoms with Crippen LogP contribution in [0.25, 0.3) is 0 Å². The lowest BCUT2D eigenvalue weighted by atomic mass is 10.1. The first-order valence-electron chi connectivity index (χ1n) is 8.64. The van der Waals surface area contributed by atoms with Crippen LogP contribution in [0.5, 0.6) is 5.75 Å². The van der Waals surface area contributed by atoms with Crippen LogP contribution in [-0.2, 0) is 21.2 Å². The fraction of sp³-hybridized carbons (Fsp3) is 0.333. The molecule has 8 nitrogen and oxygen atoms in total. The van der Waals surface area contributed by atoms with Gasteiger partial charge in [0.25, 0.3) is 10.0 Å². The Balaban J connectivity index is 2.20. The second kappa shape index (κ2) is 9.56. The molecule has 1 atom stereocenters. The molecule has 0 saturated carbocycles. The zero-order chi connectivity index (χ0) is 20.7. The summed E-state index contributed by atoms with van der Waals surface area (Å²) in [6.07, 6.45) is 2.55. The third-order valence-electron chi connectivity index (χ3n) is 4.08. The highest BCUT2D eigenvalue weighted by Gasteiger charge is 2.22. The van der Waals surface area contributed by atoms with Gasteiger partial charge in [0.1, 0.15) is 10.6 Å². The Labute approximate surface area is 170 Å². The zero-order valence-electron chi connectivity index (χ0n) is 15.9. The molecule has 0 spiro atoms. The molecule has 0 bridgehead atoms. The van der Waals surface area contributed by atoms with Crippen LogP contribution in [0.4, 0.5) is 0 Å². The fourth-order valence-corrected chi connectivity index (χ4v) is 4.17. The summed E-state index contributed by atoms with van der Waals surface area (Å²) in [6.45, 7) is 1.97. The number of carbonyl (C=O) groups excluding carboxylic acids is 1. The van der Waals surface area contributed by atoms with Gasteiger partial charge in [-0.2, -0.15) is 0 Å². The van der Waals surface area contributed by atoms with Gasteiger partial charge in [-0.3, -0.25) is 9.52 Å². The average molecular weight is 425 g/mol. The van der Waals surface area contributed by atoms with Crippen molar-refractivity contribution in [2.75, 3.05) is 14.2 Å². The summed E-state index contributed by atoms with van der Waals surface area (Å²) in [5.41, 5.74) is 1.45. The van der Waals surface area contributed by atoms with E-state index < -0.39 is 10.0 Å². The van der Waals surface area contributed by atoms with Gasteiger partial charge in [0.05, 0.1) is 19.6 Å². The van der Waals surface area contributed by atoms with E-state index in [1.165, 1.54) is 26.3 Å². The van der Waals surface area contributed by atoms with E-state index in [9.17, 15) is 13.2 Å². The van der Waals surface area contributed by atoms with Crippen molar-refractivity contribution in [1.29, 1.82) is 0 Å². The summed E-state index contributed by atoms with van der Waals surface area (Å²) in [5.74, 6) is -0.0537. The van der Waals surface area contributed by atoms with Crippen LogP contribution in [0.1, 0.15) is 30.6 Å². The number of rotatable bonds is 8.